The molecule has 0 unspecified atom stereocenters. The Morgan fingerprint density at radius 3 is 1.92 bits per heavy atom. The van der Waals surface area contributed by atoms with Crippen molar-refractivity contribution in [2.24, 2.45) is 0 Å². The van der Waals surface area contributed by atoms with Crippen molar-refractivity contribution in [2.75, 3.05) is 28.4 Å². The Bertz CT molecular complexity index is 673. The fourth-order valence-corrected chi connectivity index (χ4v) is 2.50. The largest absolute Gasteiger partial charge is 0.504 e. The van der Waals surface area contributed by atoms with Crippen LogP contribution in [0.25, 0.3) is 0 Å². The molecule has 0 saturated heterocycles. The lowest BCUT2D eigenvalue weighted by Crippen LogP contribution is -2.06. The molecule has 0 aromatic heterocycles. The summed E-state index contributed by atoms with van der Waals surface area (Å²) in [5.41, 5.74) is 1.73. The highest BCUT2D eigenvalue weighted by molar-refractivity contribution is 5.53. The van der Waals surface area contributed by atoms with Crippen LogP contribution in [0.1, 0.15) is 17.2 Å². The predicted molar refractivity (Wildman–Crippen MR) is 89.3 cm³/mol. The maximum Gasteiger partial charge on any atom is 0.200 e. The lowest BCUT2D eigenvalue weighted by Gasteiger charge is -2.19. The number of ether oxygens (including phenoxy) is 4. The lowest BCUT2D eigenvalue weighted by molar-refractivity contribution is 0.103. The Labute approximate surface area is 141 Å². The maximum absolute atomic E-state index is 10.0. The van der Waals surface area contributed by atoms with Gasteiger partial charge in [0.1, 0.15) is 0 Å². The van der Waals surface area contributed by atoms with E-state index in [2.05, 4.69) is 0 Å². The summed E-state index contributed by atoms with van der Waals surface area (Å²) in [6.07, 6.45) is 0.257. The number of rotatable bonds is 7. The first-order valence-electron chi connectivity index (χ1n) is 7.37. The average Bonchev–Trinajstić information content (AvgIpc) is 2.61. The summed E-state index contributed by atoms with van der Waals surface area (Å²) in [5, 5.41) is 19.7. The molecule has 6 nitrogen and oxygen atoms in total. The standard InChI is InChI=1S/C18H22O6/c1-21-14(7-11-5-6-13(19)15(8-11)22-2)12-9-16(23-3)18(20)17(10-12)24-4/h5-6,8-10,14,19-20H,7H2,1-4H3/t14-/m1/s1. The zero-order valence-electron chi connectivity index (χ0n) is 14.2. The quantitative estimate of drug-likeness (QED) is 0.810. The smallest absolute Gasteiger partial charge is 0.200 e. The molecule has 0 heterocycles. The highest BCUT2D eigenvalue weighted by atomic mass is 16.5. The molecule has 0 bridgehead atoms. The topological polar surface area (TPSA) is 77.4 Å². The molecule has 0 amide bonds. The number of phenols is 2. The molecule has 24 heavy (non-hydrogen) atoms. The van der Waals surface area contributed by atoms with Crippen LogP contribution in [-0.4, -0.2) is 38.7 Å². The Kier molecular flexibility index (Phi) is 5.76. The second-order valence-electron chi connectivity index (χ2n) is 5.21. The summed E-state index contributed by atoms with van der Waals surface area (Å²) < 4.78 is 21.1. The minimum atomic E-state index is -0.289. The molecule has 0 spiro atoms. The molecule has 2 rings (SSSR count). The van der Waals surface area contributed by atoms with Gasteiger partial charge in [0, 0.05) is 13.5 Å². The maximum atomic E-state index is 10.0. The van der Waals surface area contributed by atoms with E-state index in [1.807, 2.05) is 0 Å². The van der Waals surface area contributed by atoms with E-state index in [1.165, 1.54) is 21.3 Å². The van der Waals surface area contributed by atoms with Crippen molar-refractivity contribution in [1.29, 1.82) is 0 Å². The summed E-state index contributed by atoms with van der Waals surface area (Å²) in [6.45, 7) is 0. The first-order valence-corrected chi connectivity index (χ1v) is 7.37. The van der Waals surface area contributed by atoms with E-state index in [-0.39, 0.29) is 17.6 Å². The van der Waals surface area contributed by atoms with Gasteiger partial charge < -0.3 is 29.2 Å². The van der Waals surface area contributed by atoms with Crippen LogP contribution in [0.2, 0.25) is 0 Å². The van der Waals surface area contributed by atoms with Crippen molar-refractivity contribution in [2.45, 2.75) is 12.5 Å². The fourth-order valence-electron chi connectivity index (χ4n) is 2.50. The van der Waals surface area contributed by atoms with Gasteiger partial charge in [-0.05, 0) is 35.4 Å². The number of hydrogen-bond acceptors (Lipinski definition) is 6. The molecule has 1 atom stereocenters. The Balaban J connectivity index is 2.35. The van der Waals surface area contributed by atoms with Gasteiger partial charge in [-0.25, -0.2) is 0 Å². The van der Waals surface area contributed by atoms with Crippen LogP contribution in [0, 0.1) is 0 Å². The van der Waals surface area contributed by atoms with E-state index in [1.54, 1.807) is 37.4 Å². The van der Waals surface area contributed by atoms with Gasteiger partial charge in [-0.15, -0.1) is 0 Å². The van der Waals surface area contributed by atoms with Gasteiger partial charge in [0.25, 0.3) is 0 Å². The summed E-state index contributed by atoms with van der Waals surface area (Å²) >= 11 is 0. The second-order valence-corrected chi connectivity index (χ2v) is 5.21. The van der Waals surface area contributed by atoms with Gasteiger partial charge in [-0.3, -0.25) is 0 Å². The van der Waals surface area contributed by atoms with Crippen molar-refractivity contribution in [3.8, 4) is 28.7 Å². The molecule has 0 fully saturated rings. The predicted octanol–water partition coefficient (Wildman–Crippen LogP) is 3.05. The highest BCUT2D eigenvalue weighted by Crippen LogP contribution is 2.40. The number of hydrogen-bond donors (Lipinski definition) is 2. The van der Waals surface area contributed by atoms with E-state index < -0.39 is 0 Å². The first-order chi connectivity index (χ1) is 11.5. The fraction of sp³-hybridized carbons (Fsp3) is 0.333. The molecule has 0 radical (unpaired) electrons. The number of benzene rings is 2. The van der Waals surface area contributed by atoms with Crippen LogP contribution in [0.5, 0.6) is 28.7 Å². The van der Waals surface area contributed by atoms with Crippen molar-refractivity contribution in [3.63, 3.8) is 0 Å². The van der Waals surface area contributed by atoms with Crippen LogP contribution >= 0.6 is 0 Å². The molecule has 130 valence electrons. The third kappa shape index (κ3) is 3.65. The zero-order chi connectivity index (χ0) is 17.7. The Morgan fingerprint density at radius 2 is 1.42 bits per heavy atom. The molecule has 2 aromatic rings. The molecule has 0 aliphatic rings. The normalized spacial score (nSPS) is 11.8. The summed E-state index contributed by atoms with van der Waals surface area (Å²) in [5.74, 6) is 1.07. The van der Waals surface area contributed by atoms with Gasteiger partial charge in [0.2, 0.25) is 5.75 Å². The van der Waals surface area contributed by atoms with Crippen LogP contribution in [0.3, 0.4) is 0 Å². The highest BCUT2D eigenvalue weighted by Gasteiger charge is 2.18. The van der Waals surface area contributed by atoms with E-state index in [4.69, 9.17) is 18.9 Å². The number of phenolic OH excluding ortho intramolecular Hbond substituents is 2. The third-order valence-corrected chi connectivity index (χ3v) is 3.82. The van der Waals surface area contributed by atoms with Crippen molar-refractivity contribution in [3.05, 3.63) is 41.5 Å². The first kappa shape index (κ1) is 17.7. The van der Waals surface area contributed by atoms with Crippen molar-refractivity contribution in [1.82, 2.24) is 0 Å². The zero-order valence-corrected chi connectivity index (χ0v) is 14.2. The lowest BCUT2D eigenvalue weighted by atomic mass is 10.00. The van der Waals surface area contributed by atoms with Crippen LogP contribution < -0.4 is 14.2 Å². The van der Waals surface area contributed by atoms with Crippen molar-refractivity contribution >= 4 is 0 Å². The SMILES string of the molecule is COc1cc(C[C@@H](OC)c2cc(OC)c(O)c(OC)c2)ccc1O. The second kappa shape index (κ2) is 7.79. The minimum Gasteiger partial charge on any atom is -0.504 e. The summed E-state index contributed by atoms with van der Waals surface area (Å²) in [7, 11) is 6.06. The molecular weight excluding hydrogens is 312 g/mol. The van der Waals surface area contributed by atoms with Crippen LogP contribution in [-0.2, 0) is 11.2 Å². The van der Waals surface area contributed by atoms with Gasteiger partial charge in [0.05, 0.1) is 27.4 Å². The third-order valence-electron chi connectivity index (χ3n) is 3.82. The van der Waals surface area contributed by atoms with E-state index >= 15 is 0 Å². The summed E-state index contributed by atoms with van der Waals surface area (Å²) in [4.78, 5) is 0. The summed E-state index contributed by atoms with van der Waals surface area (Å²) in [6, 6.07) is 8.57. The average molecular weight is 334 g/mol. The molecule has 0 saturated carbocycles. The Hall–Kier alpha value is -2.60. The van der Waals surface area contributed by atoms with E-state index in [0.29, 0.717) is 23.7 Å². The molecule has 2 N–H and O–H groups in total. The number of methoxy groups -OCH3 is 4. The van der Waals surface area contributed by atoms with Crippen LogP contribution in [0.4, 0.5) is 0 Å². The van der Waals surface area contributed by atoms with Gasteiger partial charge >= 0.3 is 0 Å². The van der Waals surface area contributed by atoms with Gasteiger partial charge in [0.15, 0.2) is 23.0 Å². The monoisotopic (exact) mass is 334 g/mol. The van der Waals surface area contributed by atoms with Crippen molar-refractivity contribution < 1.29 is 29.2 Å². The minimum absolute atomic E-state index is 0.0510. The van der Waals surface area contributed by atoms with E-state index in [0.717, 1.165) is 11.1 Å². The molecule has 6 heteroatoms. The molecular formula is C18H22O6. The molecule has 2 aromatic carbocycles. The number of aromatic hydroxyl groups is 2. The van der Waals surface area contributed by atoms with E-state index in [9.17, 15) is 10.2 Å². The Morgan fingerprint density at radius 1 is 0.833 bits per heavy atom. The van der Waals surface area contributed by atoms with Crippen LogP contribution in [0.15, 0.2) is 30.3 Å². The van der Waals surface area contributed by atoms with Gasteiger partial charge in [-0.2, -0.15) is 0 Å². The molecule has 0 aliphatic heterocycles. The molecule has 0 aliphatic carbocycles. The van der Waals surface area contributed by atoms with Gasteiger partial charge in [-0.1, -0.05) is 6.07 Å².